The van der Waals surface area contributed by atoms with Crippen LogP contribution in [0.3, 0.4) is 0 Å². The van der Waals surface area contributed by atoms with Crippen LogP contribution < -0.4 is 10.6 Å². The molecular formula is C10H19N3O2. The Kier molecular flexibility index (Phi) is 4.08. The van der Waals surface area contributed by atoms with Crippen molar-refractivity contribution in [3.8, 4) is 0 Å². The van der Waals surface area contributed by atoms with Crippen LogP contribution in [0.5, 0.6) is 0 Å². The lowest BCUT2D eigenvalue weighted by Gasteiger charge is -2.35. The van der Waals surface area contributed by atoms with Crippen molar-refractivity contribution in [1.82, 2.24) is 15.5 Å². The van der Waals surface area contributed by atoms with Crippen molar-refractivity contribution in [2.24, 2.45) is 0 Å². The highest BCUT2D eigenvalue weighted by atomic mass is 16.5. The predicted octanol–water partition coefficient (Wildman–Crippen LogP) is -1.55. The Hall–Kier alpha value is -0.490. The molecule has 0 aliphatic carbocycles. The van der Waals surface area contributed by atoms with Gasteiger partial charge in [0.1, 0.15) is 6.29 Å². The molecule has 2 aliphatic heterocycles. The van der Waals surface area contributed by atoms with Gasteiger partial charge in [0.25, 0.3) is 0 Å². The third-order valence-corrected chi connectivity index (χ3v) is 3.05. The molecule has 86 valence electrons. The molecular weight excluding hydrogens is 194 g/mol. The highest BCUT2D eigenvalue weighted by Crippen LogP contribution is 2.03. The number of rotatable bonds is 3. The minimum Gasteiger partial charge on any atom is -0.379 e. The molecule has 0 aromatic heterocycles. The van der Waals surface area contributed by atoms with Gasteiger partial charge in [0.15, 0.2) is 0 Å². The Balaban J connectivity index is 1.82. The molecule has 15 heavy (non-hydrogen) atoms. The summed E-state index contributed by atoms with van der Waals surface area (Å²) in [7, 11) is 0. The Morgan fingerprint density at radius 3 is 2.73 bits per heavy atom. The molecule has 0 spiro atoms. The number of morpholine rings is 1. The van der Waals surface area contributed by atoms with Crippen LogP contribution in [0, 0.1) is 0 Å². The third-order valence-electron chi connectivity index (χ3n) is 3.05. The molecule has 0 bridgehead atoms. The average molecular weight is 213 g/mol. The molecule has 5 heteroatoms. The van der Waals surface area contributed by atoms with E-state index in [-0.39, 0.29) is 12.1 Å². The van der Waals surface area contributed by atoms with Crippen LogP contribution in [-0.4, -0.2) is 69.2 Å². The Morgan fingerprint density at radius 1 is 1.27 bits per heavy atom. The second kappa shape index (κ2) is 5.55. The summed E-state index contributed by atoms with van der Waals surface area (Å²) in [4.78, 5) is 13.2. The van der Waals surface area contributed by atoms with Gasteiger partial charge in [-0.15, -0.1) is 0 Å². The first kappa shape index (κ1) is 11.0. The average Bonchev–Trinajstić information content (AvgIpc) is 2.31. The number of hydrogen-bond donors (Lipinski definition) is 2. The van der Waals surface area contributed by atoms with Crippen LogP contribution in [0.1, 0.15) is 0 Å². The van der Waals surface area contributed by atoms with Crippen LogP contribution in [0.4, 0.5) is 0 Å². The van der Waals surface area contributed by atoms with E-state index < -0.39 is 0 Å². The summed E-state index contributed by atoms with van der Waals surface area (Å²) in [5, 5.41) is 6.61. The molecule has 2 unspecified atom stereocenters. The zero-order chi connectivity index (χ0) is 10.5. The molecule has 2 heterocycles. The van der Waals surface area contributed by atoms with Gasteiger partial charge in [-0.05, 0) is 0 Å². The zero-order valence-corrected chi connectivity index (χ0v) is 8.95. The smallest absolute Gasteiger partial charge is 0.138 e. The molecule has 2 N–H and O–H groups in total. The molecule has 2 fully saturated rings. The number of carbonyl (C=O) groups is 1. The Morgan fingerprint density at radius 2 is 2.00 bits per heavy atom. The third kappa shape index (κ3) is 2.98. The van der Waals surface area contributed by atoms with Crippen molar-refractivity contribution in [3.63, 3.8) is 0 Å². The zero-order valence-electron chi connectivity index (χ0n) is 8.95. The largest absolute Gasteiger partial charge is 0.379 e. The van der Waals surface area contributed by atoms with Crippen LogP contribution in [0.15, 0.2) is 0 Å². The lowest BCUT2D eigenvalue weighted by atomic mass is 10.1. The summed E-state index contributed by atoms with van der Waals surface area (Å²) in [6.07, 6.45) is 1.01. The topological polar surface area (TPSA) is 53.6 Å². The van der Waals surface area contributed by atoms with E-state index in [0.29, 0.717) is 0 Å². The van der Waals surface area contributed by atoms with E-state index in [2.05, 4.69) is 15.5 Å². The molecule has 2 saturated heterocycles. The SMILES string of the molecule is O=CC1NCCNC1CN1CCOCC1. The van der Waals surface area contributed by atoms with E-state index >= 15 is 0 Å². The molecule has 2 aliphatic rings. The summed E-state index contributed by atoms with van der Waals surface area (Å²) in [6, 6.07) is 0.205. The highest BCUT2D eigenvalue weighted by Gasteiger charge is 2.26. The summed E-state index contributed by atoms with van der Waals surface area (Å²) in [5.74, 6) is 0. The first-order valence-corrected chi connectivity index (χ1v) is 5.62. The molecule has 0 aromatic carbocycles. The van der Waals surface area contributed by atoms with Crippen LogP contribution in [0.25, 0.3) is 0 Å². The number of hydrogen-bond acceptors (Lipinski definition) is 5. The van der Waals surface area contributed by atoms with Gasteiger partial charge in [-0.25, -0.2) is 0 Å². The summed E-state index contributed by atoms with van der Waals surface area (Å²) >= 11 is 0. The van der Waals surface area contributed by atoms with E-state index in [0.717, 1.165) is 52.2 Å². The van der Waals surface area contributed by atoms with E-state index in [1.807, 2.05) is 0 Å². The van der Waals surface area contributed by atoms with Crippen molar-refractivity contribution in [3.05, 3.63) is 0 Å². The second-order valence-corrected chi connectivity index (χ2v) is 4.09. The molecule has 0 radical (unpaired) electrons. The second-order valence-electron chi connectivity index (χ2n) is 4.09. The standard InChI is InChI=1S/C10H19N3O2/c14-8-10-9(11-1-2-12-10)7-13-3-5-15-6-4-13/h8-12H,1-7H2. The molecule has 0 aromatic rings. The maximum Gasteiger partial charge on any atom is 0.138 e. The first-order chi connectivity index (χ1) is 7.40. The number of aldehydes is 1. The van der Waals surface area contributed by atoms with Gasteiger partial charge in [0.05, 0.1) is 19.3 Å². The first-order valence-electron chi connectivity index (χ1n) is 5.62. The summed E-state index contributed by atoms with van der Waals surface area (Å²) in [6.45, 7) is 6.33. The van der Waals surface area contributed by atoms with E-state index in [4.69, 9.17) is 4.74 Å². The van der Waals surface area contributed by atoms with Gasteiger partial charge in [0.2, 0.25) is 0 Å². The maximum absolute atomic E-state index is 10.9. The number of ether oxygens (including phenoxy) is 1. The number of piperazine rings is 1. The highest BCUT2D eigenvalue weighted by molar-refractivity contribution is 5.59. The van der Waals surface area contributed by atoms with E-state index in [1.165, 1.54) is 0 Å². The minimum atomic E-state index is -0.0402. The fourth-order valence-corrected chi connectivity index (χ4v) is 2.15. The number of carbonyl (C=O) groups excluding carboxylic acids is 1. The van der Waals surface area contributed by atoms with Crippen LogP contribution >= 0.6 is 0 Å². The summed E-state index contributed by atoms with van der Waals surface area (Å²) < 4.78 is 5.29. The van der Waals surface area contributed by atoms with Crippen molar-refractivity contribution in [2.45, 2.75) is 12.1 Å². The monoisotopic (exact) mass is 213 g/mol. The van der Waals surface area contributed by atoms with Gasteiger partial charge in [0, 0.05) is 38.8 Å². The molecule has 0 saturated carbocycles. The number of nitrogens with zero attached hydrogens (tertiary/aromatic N) is 1. The van der Waals surface area contributed by atoms with Crippen molar-refractivity contribution < 1.29 is 9.53 Å². The van der Waals surface area contributed by atoms with Crippen molar-refractivity contribution in [1.29, 1.82) is 0 Å². The fourth-order valence-electron chi connectivity index (χ4n) is 2.15. The number of nitrogens with one attached hydrogen (secondary N) is 2. The lowest BCUT2D eigenvalue weighted by molar-refractivity contribution is -0.110. The van der Waals surface area contributed by atoms with Gasteiger partial charge >= 0.3 is 0 Å². The minimum absolute atomic E-state index is 0.0402. The quantitative estimate of drug-likeness (QED) is 0.556. The van der Waals surface area contributed by atoms with Crippen molar-refractivity contribution in [2.75, 3.05) is 45.9 Å². The maximum atomic E-state index is 10.9. The Bertz CT molecular complexity index is 207. The Labute approximate surface area is 90.1 Å². The van der Waals surface area contributed by atoms with Gasteiger partial charge in [-0.1, -0.05) is 0 Å². The fraction of sp³-hybridized carbons (Fsp3) is 0.900. The van der Waals surface area contributed by atoms with E-state index in [1.54, 1.807) is 0 Å². The summed E-state index contributed by atoms with van der Waals surface area (Å²) in [5.41, 5.74) is 0. The predicted molar refractivity (Wildman–Crippen MR) is 56.9 cm³/mol. The van der Waals surface area contributed by atoms with Gasteiger partial charge in [-0.3, -0.25) is 4.90 Å². The molecule has 0 amide bonds. The lowest BCUT2D eigenvalue weighted by Crippen LogP contribution is -2.61. The molecule has 2 atom stereocenters. The van der Waals surface area contributed by atoms with Crippen LogP contribution in [0.2, 0.25) is 0 Å². The molecule has 5 nitrogen and oxygen atoms in total. The van der Waals surface area contributed by atoms with E-state index in [9.17, 15) is 4.79 Å². The van der Waals surface area contributed by atoms with Gasteiger partial charge < -0.3 is 20.2 Å². The normalized spacial score (nSPS) is 33.9. The van der Waals surface area contributed by atoms with Crippen LogP contribution in [-0.2, 0) is 9.53 Å². The van der Waals surface area contributed by atoms with Gasteiger partial charge in [-0.2, -0.15) is 0 Å². The molecule has 2 rings (SSSR count). The van der Waals surface area contributed by atoms with Crippen molar-refractivity contribution >= 4 is 6.29 Å².